The number of anilines is 1. The number of hydrogen-bond donors (Lipinski definition) is 1. The lowest BCUT2D eigenvalue weighted by molar-refractivity contribution is -0.119. The van der Waals surface area contributed by atoms with Crippen LogP contribution >= 0.6 is 11.3 Å². The highest BCUT2D eigenvalue weighted by Crippen LogP contribution is 2.44. The third-order valence-corrected chi connectivity index (χ3v) is 6.20. The van der Waals surface area contributed by atoms with Gasteiger partial charge >= 0.3 is 0 Å². The van der Waals surface area contributed by atoms with Crippen molar-refractivity contribution in [3.63, 3.8) is 0 Å². The van der Waals surface area contributed by atoms with E-state index in [0.717, 1.165) is 10.4 Å². The van der Waals surface area contributed by atoms with E-state index in [4.69, 9.17) is 5.26 Å². The molecule has 156 valence electrons. The van der Waals surface area contributed by atoms with Gasteiger partial charge in [-0.1, -0.05) is 38.1 Å². The minimum atomic E-state index is -0.579. The Kier molecular flexibility index (Phi) is 5.83. The SMILES string of the molecule is CC(C)CN1C(=O)c2ccccc2[C@H](C(=O)Nc2ccnc(C#N)c2)[C@H]1c1cccs1. The molecular weight excluding hydrogens is 408 g/mol. The summed E-state index contributed by atoms with van der Waals surface area (Å²) in [5.41, 5.74) is 2.01. The zero-order valence-electron chi connectivity index (χ0n) is 17.3. The van der Waals surface area contributed by atoms with Gasteiger partial charge in [0.1, 0.15) is 11.8 Å². The number of nitrogens with one attached hydrogen (secondary N) is 1. The maximum Gasteiger partial charge on any atom is 0.254 e. The largest absolute Gasteiger partial charge is 0.329 e. The van der Waals surface area contributed by atoms with E-state index in [2.05, 4.69) is 24.1 Å². The fourth-order valence-electron chi connectivity index (χ4n) is 4.04. The van der Waals surface area contributed by atoms with Gasteiger partial charge in [-0.15, -0.1) is 11.3 Å². The average molecular weight is 431 g/mol. The van der Waals surface area contributed by atoms with Crippen LogP contribution in [0, 0.1) is 17.2 Å². The van der Waals surface area contributed by atoms with Crippen LogP contribution in [-0.4, -0.2) is 28.2 Å². The number of benzene rings is 1. The molecule has 31 heavy (non-hydrogen) atoms. The van der Waals surface area contributed by atoms with E-state index in [1.165, 1.54) is 6.20 Å². The molecule has 1 aliphatic heterocycles. The highest BCUT2D eigenvalue weighted by Gasteiger charge is 2.44. The Morgan fingerprint density at radius 3 is 2.77 bits per heavy atom. The first-order chi connectivity index (χ1) is 15.0. The number of nitrogens with zero attached hydrogens (tertiary/aromatic N) is 3. The first-order valence-electron chi connectivity index (χ1n) is 10.1. The summed E-state index contributed by atoms with van der Waals surface area (Å²) in [6.07, 6.45) is 1.49. The van der Waals surface area contributed by atoms with Crippen molar-refractivity contribution in [3.8, 4) is 6.07 Å². The number of rotatable bonds is 5. The first kappa shape index (κ1) is 20.8. The normalized spacial score (nSPS) is 17.9. The number of carbonyl (C=O) groups is 2. The van der Waals surface area contributed by atoms with E-state index in [1.54, 1.807) is 29.5 Å². The predicted molar refractivity (Wildman–Crippen MR) is 120 cm³/mol. The Morgan fingerprint density at radius 2 is 2.06 bits per heavy atom. The predicted octanol–water partition coefficient (Wildman–Crippen LogP) is 4.59. The molecular formula is C24H22N4O2S. The highest BCUT2D eigenvalue weighted by molar-refractivity contribution is 7.10. The summed E-state index contributed by atoms with van der Waals surface area (Å²) in [5, 5.41) is 14.0. The molecule has 2 amide bonds. The standard InChI is InChI=1S/C24H22N4O2S/c1-15(2)14-28-22(20-8-5-11-31-20)21(18-6-3-4-7-19(18)24(28)30)23(29)27-16-9-10-26-17(12-16)13-25/h3-12,15,21-22H,14H2,1-2H3,(H,26,27,29)/t21-,22+/m0/s1. The molecule has 0 aliphatic carbocycles. The molecule has 0 unspecified atom stereocenters. The van der Waals surface area contributed by atoms with Crippen molar-refractivity contribution < 1.29 is 9.59 Å². The molecule has 0 radical (unpaired) electrons. The lowest BCUT2D eigenvalue weighted by Gasteiger charge is -2.42. The molecule has 2 aromatic heterocycles. The number of nitriles is 1. The fourth-order valence-corrected chi connectivity index (χ4v) is 4.91. The van der Waals surface area contributed by atoms with Gasteiger partial charge in [0, 0.05) is 28.9 Å². The van der Waals surface area contributed by atoms with Crippen LogP contribution in [0.15, 0.2) is 60.1 Å². The Balaban J connectivity index is 1.81. The van der Waals surface area contributed by atoms with Gasteiger partial charge in [0.2, 0.25) is 5.91 Å². The van der Waals surface area contributed by atoms with Crippen molar-refractivity contribution in [1.29, 1.82) is 5.26 Å². The quantitative estimate of drug-likeness (QED) is 0.641. The van der Waals surface area contributed by atoms with Crippen LogP contribution in [0.3, 0.4) is 0 Å². The maximum atomic E-state index is 13.6. The number of fused-ring (bicyclic) bond motifs is 1. The number of thiophene rings is 1. The number of aromatic nitrogens is 1. The Bertz CT molecular complexity index is 1150. The third-order valence-electron chi connectivity index (χ3n) is 5.26. The summed E-state index contributed by atoms with van der Waals surface area (Å²) >= 11 is 1.54. The van der Waals surface area contributed by atoms with Gasteiger partial charge in [0.15, 0.2) is 0 Å². The minimum Gasteiger partial charge on any atom is -0.329 e. The van der Waals surface area contributed by atoms with Crippen molar-refractivity contribution in [1.82, 2.24) is 9.88 Å². The molecule has 1 aliphatic rings. The summed E-state index contributed by atoms with van der Waals surface area (Å²) in [7, 11) is 0. The van der Waals surface area contributed by atoms with Gasteiger partial charge in [0.25, 0.3) is 5.91 Å². The lowest BCUT2D eigenvalue weighted by atomic mass is 9.81. The second kappa shape index (κ2) is 8.70. The Hall–Kier alpha value is -3.50. The van der Waals surface area contributed by atoms with E-state index in [1.807, 2.05) is 46.7 Å². The zero-order valence-corrected chi connectivity index (χ0v) is 18.1. The summed E-state index contributed by atoms with van der Waals surface area (Å²) in [6.45, 7) is 4.68. The maximum absolute atomic E-state index is 13.6. The van der Waals surface area contributed by atoms with E-state index < -0.39 is 12.0 Å². The fraction of sp³-hybridized carbons (Fsp3) is 0.250. The Morgan fingerprint density at radius 1 is 1.26 bits per heavy atom. The molecule has 0 spiro atoms. The molecule has 0 fully saturated rings. The van der Waals surface area contributed by atoms with Crippen LogP contribution in [-0.2, 0) is 4.79 Å². The van der Waals surface area contributed by atoms with Crippen LogP contribution in [0.5, 0.6) is 0 Å². The van der Waals surface area contributed by atoms with Crippen molar-refractivity contribution in [2.45, 2.75) is 25.8 Å². The monoisotopic (exact) mass is 430 g/mol. The van der Waals surface area contributed by atoms with Gasteiger partial charge in [0.05, 0.1) is 12.0 Å². The molecule has 7 heteroatoms. The topological polar surface area (TPSA) is 86.1 Å². The van der Waals surface area contributed by atoms with Gasteiger partial charge in [-0.3, -0.25) is 9.59 Å². The lowest BCUT2D eigenvalue weighted by Crippen LogP contribution is -2.47. The molecule has 3 aromatic rings. The van der Waals surface area contributed by atoms with E-state index in [0.29, 0.717) is 17.8 Å². The summed E-state index contributed by atoms with van der Waals surface area (Å²) in [5.74, 6) is -0.603. The van der Waals surface area contributed by atoms with Crippen LogP contribution < -0.4 is 5.32 Å². The number of hydrogen-bond acceptors (Lipinski definition) is 5. The highest BCUT2D eigenvalue weighted by atomic mass is 32.1. The number of carbonyl (C=O) groups excluding carboxylic acids is 2. The van der Waals surface area contributed by atoms with Crippen LogP contribution in [0.4, 0.5) is 5.69 Å². The second-order valence-electron chi connectivity index (χ2n) is 7.91. The Labute approximate surface area is 185 Å². The summed E-state index contributed by atoms with van der Waals surface area (Å²) in [6, 6.07) is 16.0. The second-order valence-corrected chi connectivity index (χ2v) is 8.89. The van der Waals surface area contributed by atoms with Crippen molar-refractivity contribution in [2.75, 3.05) is 11.9 Å². The molecule has 6 nitrogen and oxygen atoms in total. The molecule has 4 rings (SSSR count). The molecule has 0 saturated heterocycles. The molecule has 0 saturated carbocycles. The van der Waals surface area contributed by atoms with Gasteiger partial charge < -0.3 is 10.2 Å². The van der Waals surface area contributed by atoms with E-state index >= 15 is 0 Å². The van der Waals surface area contributed by atoms with Crippen LogP contribution in [0.2, 0.25) is 0 Å². The molecule has 1 aromatic carbocycles. The molecule has 2 atom stereocenters. The summed E-state index contributed by atoms with van der Waals surface area (Å²) < 4.78 is 0. The van der Waals surface area contributed by atoms with E-state index in [9.17, 15) is 9.59 Å². The molecule has 1 N–H and O–H groups in total. The number of amides is 2. The van der Waals surface area contributed by atoms with Gasteiger partial charge in [-0.25, -0.2) is 4.98 Å². The van der Waals surface area contributed by atoms with Crippen molar-refractivity contribution in [2.24, 2.45) is 5.92 Å². The smallest absolute Gasteiger partial charge is 0.254 e. The van der Waals surface area contributed by atoms with Crippen LogP contribution in [0.25, 0.3) is 0 Å². The van der Waals surface area contributed by atoms with Gasteiger partial charge in [-0.05, 0) is 41.1 Å². The zero-order chi connectivity index (χ0) is 22.0. The average Bonchev–Trinajstić information content (AvgIpc) is 3.29. The molecule has 0 bridgehead atoms. The minimum absolute atomic E-state index is 0.0533. The third kappa shape index (κ3) is 4.07. The number of pyridine rings is 1. The van der Waals surface area contributed by atoms with E-state index in [-0.39, 0.29) is 23.4 Å². The first-order valence-corrected chi connectivity index (χ1v) is 11.0. The summed E-state index contributed by atoms with van der Waals surface area (Å²) in [4.78, 5) is 33.8. The van der Waals surface area contributed by atoms with Crippen molar-refractivity contribution in [3.05, 3.63) is 81.8 Å². The van der Waals surface area contributed by atoms with Crippen molar-refractivity contribution >= 4 is 28.8 Å². The van der Waals surface area contributed by atoms with Gasteiger partial charge in [-0.2, -0.15) is 5.26 Å². The molecule has 3 heterocycles. The van der Waals surface area contributed by atoms with Crippen LogP contribution in [0.1, 0.15) is 52.3 Å².